The third kappa shape index (κ3) is 4.45. The second-order valence-electron chi connectivity index (χ2n) is 5.40. The Labute approximate surface area is 118 Å². The molecular weight excluding hydrogens is 264 g/mol. The van der Waals surface area contributed by atoms with Crippen LogP contribution in [0.5, 0.6) is 0 Å². The summed E-state index contributed by atoms with van der Waals surface area (Å²) < 4.78 is 15.9. The normalized spacial score (nSPS) is 25.3. The van der Waals surface area contributed by atoms with Crippen molar-refractivity contribution in [1.82, 2.24) is 0 Å². The van der Waals surface area contributed by atoms with Gasteiger partial charge in [0.1, 0.15) is 6.61 Å². The van der Waals surface area contributed by atoms with Gasteiger partial charge >= 0.3 is 5.97 Å². The average molecular weight is 285 g/mol. The van der Waals surface area contributed by atoms with Gasteiger partial charge in [0.15, 0.2) is 0 Å². The third-order valence-electron chi connectivity index (χ3n) is 3.96. The van der Waals surface area contributed by atoms with Crippen LogP contribution in [0.2, 0.25) is 0 Å². The number of carbonyl (C=O) groups is 2. The quantitative estimate of drug-likeness (QED) is 0.633. The fraction of sp³-hybridized carbons (Fsp3) is 0.857. The molecule has 2 aliphatic heterocycles. The molecule has 0 aromatic carbocycles. The third-order valence-corrected chi connectivity index (χ3v) is 3.96. The Hall–Kier alpha value is -1.14. The molecule has 0 spiro atoms. The molecule has 2 aliphatic rings. The monoisotopic (exact) mass is 285 g/mol. The number of hydrogen-bond acceptors (Lipinski definition) is 6. The lowest BCUT2D eigenvalue weighted by Gasteiger charge is -2.29. The molecule has 2 atom stereocenters. The lowest BCUT2D eigenvalue weighted by molar-refractivity contribution is -0.307. The molecule has 0 amide bonds. The van der Waals surface area contributed by atoms with Crippen LogP contribution in [-0.4, -0.2) is 44.5 Å². The van der Waals surface area contributed by atoms with E-state index in [1.807, 2.05) is 0 Å². The number of carboxylic acids is 1. The molecule has 2 heterocycles. The molecule has 114 valence electrons. The minimum Gasteiger partial charge on any atom is -0.550 e. The molecule has 0 radical (unpaired) electrons. The molecule has 0 aliphatic carbocycles. The smallest absolute Gasteiger partial charge is 0.309 e. The van der Waals surface area contributed by atoms with Crippen molar-refractivity contribution in [3.05, 3.63) is 0 Å². The van der Waals surface area contributed by atoms with E-state index in [1.54, 1.807) is 0 Å². The van der Waals surface area contributed by atoms with Crippen LogP contribution >= 0.6 is 0 Å². The molecule has 20 heavy (non-hydrogen) atoms. The van der Waals surface area contributed by atoms with E-state index in [9.17, 15) is 14.7 Å². The average Bonchev–Trinajstić information content (AvgIpc) is 2.96. The summed E-state index contributed by atoms with van der Waals surface area (Å²) >= 11 is 0. The van der Waals surface area contributed by atoms with Gasteiger partial charge < -0.3 is 24.1 Å². The van der Waals surface area contributed by atoms with Gasteiger partial charge in [0.2, 0.25) is 0 Å². The summed E-state index contributed by atoms with van der Waals surface area (Å²) in [5.41, 5.74) is 0. The number of carboxylic acid groups (broad SMARTS) is 1. The predicted octanol–water partition coefficient (Wildman–Crippen LogP) is -0.109. The Bertz CT molecular complexity index is 331. The van der Waals surface area contributed by atoms with Gasteiger partial charge in [-0.15, -0.1) is 0 Å². The topological polar surface area (TPSA) is 84.9 Å². The maximum atomic E-state index is 12.1. The Balaban J connectivity index is 1.86. The highest BCUT2D eigenvalue weighted by Crippen LogP contribution is 2.27. The van der Waals surface area contributed by atoms with Gasteiger partial charge in [-0.2, -0.15) is 0 Å². The maximum Gasteiger partial charge on any atom is 0.309 e. The molecule has 0 aromatic heterocycles. The van der Waals surface area contributed by atoms with E-state index in [2.05, 4.69) is 0 Å². The van der Waals surface area contributed by atoms with E-state index in [4.69, 9.17) is 14.2 Å². The highest BCUT2D eigenvalue weighted by atomic mass is 16.6. The minimum atomic E-state index is -1.21. The molecule has 0 aromatic rings. The number of esters is 1. The van der Waals surface area contributed by atoms with Crippen molar-refractivity contribution in [2.75, 3.05) is 26.4 Å². The molecule has 2 saturated heterocycles. The van der Waals surface area contributed by atoms with Gasteiger partial charge in [-0.25, -0.2) is 0 Å². The van der Waals surface area contributed by atoms with Crippen LogP contribution < -0.4 is 5.11 Å². The Morgan fingerprint density at radius 2 is 1.95 bits per heavy atom. The molecular formula is C14H21O6-. The largest absolute Gasteiger partial charge is 0.550 e. The van der Waals surface area contributed by atoms with Gasteiger partial charge in [0.25, 0.3) is 0 Å². The molecule has 0 N–H and O–H groups in total. The summed E-state index contributed by atoms with van der Waals surface area (Å²) in [6.07, 6.45) is 2.91. The van der Waals surface area contributed by atoms with Crippen molar-refractivity contribution in [2.24, 2.45) is 11.8 Å². The number of rotatable bonds is 6. The molecule has 2 fully saturated rings. The summed E-state index contributed by atoms with van der Waals surface area (Å²) in [5.74, 6) is -2.30. The molecule has 2 rings (SSSR count). The molecule has 6 nitrogen and oxygen atoms in total. The molecule has 0 bridgehead atoms. The van der Waals surface area contributed by atoms with Gasteiger partial charge in [0.05, 0.1) is 12.0 Å². The van der Waals surface area contributed by atoms with Crippen LogP contribution in [0.1, 0.15) is 32.1 Å². The maximum absolute atomic E-state index is 12.1. The van der Waals surface area contributed by atoms with Crippen molar-refractivity contribution < 1.29 is 28.9 Å². The second kappa shape index (κ2) is 7.59. The summed E-state index contributed by atoms with van der Waals surface area (Å²) in [6.45, 7) is 2.04. The van der Waals surface area contributed by atoms with Crippen LogP contribution in [-0.2, 0) is 23.8 Å². The van der Waals surface area contributed by atoms with E-state index in [-0.39, 0.29) is 25.0 Å². The zero-order chi connectivity index (χ0) is 14.4. The summed E-state index contributed by atoms with van der Waals surface area (Å²) in [6, 6.07) is 0. The van der Waals surface area contributed by atoms with E-state index >= 15 is 0 Å². The fourth-order valence-corrected chi connectivity index (χ4v) is 2.80. The van der Waals surface area contributed by atoms with E-state index in [1.165, 1.54) is 0 Å². The van der Waals surface area contributed by atoms with Crippen LogP contribution in [0.15, 0.2) is 0 Å². The summed E-state index contributed by atoms with van der Waals surface area (Å²) in [7, 11) is 0. The second-order valence-corrected chi connectivity index (χ2v) is 5.40. The first-order chi connectivity index (χ1) is 9.66. The van der Waals surface area contributed by atoms with Gasteiger partial charge in [-0.05, 0) is 31.6 Å². The van der Waals surface area contributed by atoms with E-state index in [0.717, 1.165) is 12.8 Å². The molecule has 0 unspecified atom stereocenters. The van der Waals surface area contributed by atoms with Crippen molar-refractivity contribution in [3.8, 4) is 0 Å². The summed E-state index contributed by atoms with van der Waals surface area (Å²) in [5, 5.41) is 10.8. The minimum absolute atomic E-state index is 0.00125. The van der Waals surface area contributed by atoms with Crippen LogP contribution in [0.25, 0.3) is 0 Å². The van der Waals surface area contributed by atoms with Gasteiger partial charge in [0, 0.05) is 32.2 Å². The first-order valence-electron chi connectivity index (χ1n) is 7.22. The molecule has 6 heteroatoms. The van der Waals surface area contributed by atoms with Gasteiger partial charge in [-0.1, -0.05) is 0 Å². The van der Waals surface area contributed by atoms with Crippen LogP contribution in [0, 0.1) is 11.8 Å². The molecule has 0 saturated carbocycles. The lowest BCUT2D eigenvalue weighted by Crippen LogP contribution is -2.36. The highest BCUT2D eigenvalue weighted by Gasteiger charge is 2.32. The van der Waals surface area contributed by atoms with Crippen molar-refractivity contribution in [1.29, 1.82) is 0 Å². The summed E-state index contributed by atoms with van der Waals surface area (Å²) in [4.78, 5) is 23.0. The fourth-order valence-electron chi connectivity index (χ4n) is 2.80. The lowest BCUT2D eigenvalue weighted by atomic mass is 9.84. The van der Waals surface area contributed by atoms with Crippen LogP contribution in [0.4, 0.5) is 0 Å². The standard InChI is InChI=1S/C14H22O6/c15-13(16)8-12(10-3-6-18-7-4-10)14(17)20-9-11-2-1-5-19-11/h10-12H,1-9H2,(H,15,16)/p-1/t11-,12-/m0/s1. The van der Waals surface area contributed by atoms with Gasteiger partial charge in [-0.3, -0.25) is 4.79 Å². The number of aliphatic carboxylic acids is 1. The first-order valence-corrected chi connectivity index (χ1v) is 7.22. The highest BCUT2D eigenvalue weighted by molar-refractivity contribution is 5.78. The first kappa shape index (κ1) is 15.3. The zero-order valence-electron chi connectivity index (χ0n) is 11.5. The van der Waals surface area contributed by atoms with Crippen molar-refractivity contribution in [2.45, 2.75) is 38.2 Å². The van der Waals surface area contributed by atoms with Crippen molar-refractivity contribution in [3.63, 3.8) is 0 Å². The zero-order valence-corrected chi connectivity index (χ0v) is 11.5. The Morgan fingerprint density at radius 1 is 1.20 bits per heavy atom. The Kier molecular flexibility index (Phi) is 5.79. The van der Waals surface area contributed by atoms with E-state index in [0.29, 0.717) is 32.7 Å². The number of ether oxygens (including phenoxy) is 3. The SMILES string of the molecule is O=C([O-])C[C@H](C(=O)OC[C@@H]1CCCO1)C1CCOCC1. The van der Waals surface area contributed by atoms with Crippen molar-refractivity contribution >= 4 is 11.9 Å². The van der Waals surface area contributed by atoms with Crippen LogP contribution in [0.3, 0.4) is 0 Å². The predicted molar refractivity (Wildman–Crippen MR) is 66.6 cm³/mol. The number of hydrogen-bond donors (Lipinski definition) is 0. The number of carbonyl (C=O) groups excluding carboxylic acids is 2. The van der Waals surface area contributed by atoms with E-state index < -0.39 is 17.9 Å². The Morgan fingerprint density at radius 3 is 2.55 bits per heavy atom.